The van der Waals surface area contributed by atoms with Crippen LogP contribution < -0.4 is 9.98 Å². The number of nitrogens with one attached hydrogen (secondary N) is 1. The molecule has 0 aromatic carbocycles. The minimum atomic E-state index is -0.968. The molecule has 0 bridgehead atoms. The molecule has 0 saturated carbocycles. The highest BCUT2D eigenvalue weighted by Crippen LogP contribution is 2.30. The van der Waals surface area contributed by atoms with Gasteiger partial charge in [0.2, 0.25) is 11.8 Å². The maximum atomic E-state index is 12.2. The molecule has 7 nitrogen and oxygen atoms in total. The van der Waals surface area contributed by atoms with Crippen molar-refractivity contribution in [1.82, 2.24) is 14.9 Å². The molecule has 1 unspecified atom stereocenters. The molecule has 112 valence electrons. The van der Waals surface area contributed by atoms with Gasteiger partial charge in [0.05, 0.1) is 24.3 Å². The largest absolute Gasteiger partial charge is 0.481 e. The van der Waals surface area contributed by atoms with Crippen LogP contribution in [0, 0.1) is 11.8 Å². The fraction of sp³-hybridized carbons (Fsp3) is 0.500. The lowest BCUT2D eigenvalue weighted by Gasteiger charge is -2.26. The maximum Gasteiger partial charge on any atom is 0.305 e. The van der Waals surface area contributed by atoms with Gasteiger partial charge in [-0.3, -0.25) is 14.4 Å². The average molecular weight is 292 g/mol. The molecule has 2 amide bonds. The van der Waals surface area contributed by atoms with Gasteiger partial charge in [0.1, 0.15) is 0 Å². The highest BCUT2D eigenvalue weighted by Gasteiger charge is 2.46. The summed E-state index contributed by atoms with van der Waals surface area (Å²) >= 11 is 0. The van der Waals surface area contributed by atoms with Crippen LogP contribution in [0.4, 0.5) is 0 Å². The van der Waals surface area contributed by atoms with Crippen LogP contribution in [0.25, 0.3) is 0 Å². The fourth-order valence-electron chi connectivity index (χ4n) is 2.72. The Balaban J connectivity index is 2.07. The monoisotopic (exact) mass is 292 g/mol. The molecule has 2 aliphatic rings. The number of carboxylic acids is 1. The van der Waals surface area contributed by atoms with Gasteiger partial charge in [-0.15, -0.1) is 4.67 Å². The molecule has 3 atom stereocenters. The summed E-state index contributed by atoms with van der Waals surface area (Å²) in [5, 5.41) is 11.2. The number of rotatable bonds is 5. The molecule has 0 spiro atoms. The van der Waals surface area contributed by atoms with Crippen molar-refractivity contribution in [2.24, 2.45) is 11.8 Å². The number of hydrogen-bond donors (Lipinski definition) is 2. The summed E-state index contributed by atoms with van der Waals surface area (Å²) in [6, 6.07) is -0.281. The van der Waals surface area contributed by atoms with Crippen LogP contribution in [0.15, 0.2) is 12.2 Å². The first-order chi connectivity index (χ1) is 10.0. The van der Waals surface area contributed by atoms with Crippen molar-refractivity contribution in [3.63, 3.8) is 0 Å². The number of carbonyl (C=O) groups excluding carboxylic acids is 2. The lowest BCUT2D eigenvalue weighted by atomic mass is 9.88. The van der Waals surface area contributed by atoms with Crippen LogP contribution in [0.1, 0.15) is 12.8 Å². The first-order valence-corrected chi connectivity index (χ1v) is 6.79. The van der Waals surface area contributed by atoms with E-state index in [4.69, 9.17) is 5.11 Å². The van der Waals surface area contributed by atoms with Crippen LogP contribution >= 0.6 is 0 Å². The second-order valence-electron chi connectivity index (χ2n) is 5.15. The smallest absolute Gasteiger partial charge is 0.305 e. The summed E-state index contributed by atoms with van der Waals surface area (Å²) in [5.41, 5.74) is 0. The summed E-state index contributed by atoms with van der Waals surface area (Å²) in [7, 11) is 1.68. The van der Waals surface area contributed by atoms with E-state index < -0.39 is 11.9 Å². The van der Waals surface area contributed by atoms with Gasteiger partial charge in [0, 0.05) is 26.1 Å². The van der Waals surface area contributed by atoms with E-state index in [1.54, 1.807) is 30.5 Å². The molecule has 2 rings (SSSR count). The van der Waals surface area contributed by atoms with Crippen molar-refractivity contribution >= 4 is 30.2 Å². The second-order valence-corrected chi connectivity index (χ2v) is 5.15. The van der Waals surface area contributed by atoms with Gasteiger partial charge in [-0.2, -0.15) is 0 Å². The van der Waals surface area contributed by atoms with Gasteiger partial charge in [0.25, 0.3) is 12.4 Å². The molecular weight excluding hydrogens is 274 g/mol. The molecule has 21 heavy (non-hydrogen) atoms. The number of hydrogen-bond acceptors (Lipinski definition) is 3. The summed E-state index contributed by atoms with van der Waals surface area (Å²) < 4.78 is 4.06. The van der Waals surface area contributed by atoms with E-state index in [0.29, 0.717) is 0 Å². The van der Waals surface area contributed by atoms with Crippen molar-refractivity contribution in [3.05, 3.63) is 12.2 Å². The van der Waals surface area contributed by atoms with Gasteiger partial charge in [-0.05, 0) is 0 Å². The summed E-state index contributed by atoms with van der Waals surface area (Å²) in [5.74, 6) is -1.94. The Bertz CT molecular complexity index is 548. The molecule has 7 heteroatoms. The SMILES string of the molecule is CN1C(=O)C[C@H](C(=O)NCCC(=O)O)[C@H]1C1C=CC=[N+]=C1. The molecule has 2 N–H and O–H groups in total. The van der Waals surface area contributed by atoms with E-state index in [1.165, 1.54) is 0 Å². The number of amides is 2. The zero-order valence-corrected chi connectivity index (χ0v) is 11.7. The Kier molecular flexibility index (Phi) is 4.55. The van der Waals surface area contributed by atoms with Crippen molar-refractivity contribution in [2.75, 3.05) is 13.6 Å². The number of aliphatic carboxylic acids is 1. The predicted octanol–water partition coefficient (Wildman–Crippen LogP) is -1.18. The Hall–Kier alpha value is -2.40. The zero-order chi connectivity index (χ0) is 15.4. The molecule has 2 aliphatic heterocycles. The summed E-state index contributed by atoms with van der Waals surface area (Å²) in [6.07, 6.45) is 7.08. The molecule has 1 saturated heterocycles. The standard InChI is InChI=1S/C14H17N3O4/c1-17-11(18)7-10(14(21)16-6-4-12(19)20)13(17)9-3-2-5-15-8-9/h2-3,5,8-10,13H,4,6-7H2,1H3,(H-,16,19,20,21)/p+1/t9?,10-,13+/m0/s1. The van der Waals surface area contributed by atoms with Crippen LogP contribution in [-0.4, -0.2) is 59.9 Å². The highest BCUT2D eigenvalue weighted by molar-refractivity contribution is 5.91. The van der Waals surface area contributed by atoms with E-state index in [9.17, 15) is 14.4 Å². The fourth-order valence-corrected chi connectivity index (χ4v) is 2.72. The molecule has 0 radical (unpaired) electrons. The Labute approximate surface area is 122 Å². The van der Waals surface area contributed by atoms with Gasteiger partial charge in [-0.1, -0.05) is 6.08 Å². The van der Waals surface area contributed by atoms with Crippen LogP contribution in [0.2, 0.25) is 0 Å². The Morgan fingerprint density at radius 3 is 2.90 bits per heavy atom. The number of likely N-dealkylation sites (tertiary alicyclic amines) is 1. The second kappa shape index (κ2) is 6.37. The maximum absolute atomic E-state index is 12.2. The van der Waals surface area contributed by atoms with Gasteiger partial charge in [0.15, 0.2) is 0 Å². The highest BCUT2D eigenvalue weighted by atomic mass is 16.4. The lowest BCUT2D eigenvalue weighted by molar-refractivity contribution is -0.137. The number of carboxylic acid groups (broad SMARTS) is 1. The lowest BCUT2D eigenvalue weighted by Crippen LogP contribution is -2.44. The van der Waals surface area contributed by atoms with E-state index in [-0.39, 0.29) is 43.2 Å². The van der Waals surface area contributed by atoms with E-state index in [1.807, 2.05) is 6.08 Å². The molecule has 0 aromatic heterocycles. The first-order valence-electron chi connectivity index (χ1n) is 6.79. The number of nitrogens with zero attached hydrogens (tertiary/aromatic N) is 2. The third-order valence-electron chi connectivity index (χ3n) is 3.78. The van der Waals surface area contributed by atoms with Gasteiger partial charge < -0.3 is 15.3 Å². The third kappa shape index (κ3) is 3.38. The third-order valence-corrected chi connectivity index (χ3v) is 3.78. The van der Waals surface area contributed by atoms with Crippen molar-refractivity contribution in [2.45, 2.75) is 18.9 Å². The van der Waals surface area contributed by atoms with Gasteiger partial charge in [-0.25, -0.2) is 0 Å². The summed E-state index contributed by atoms with van der Waals surface area (Å²) in [4.78, 5) is 36.2. The molecule has 0 aromatic rings. The molecule has 2 heterocycles. The van der Waals surface area contributed by atoms with Gasteiger partial charge >= 0.3 is 5.97 Å². The summed E-state index contributed by atoms with van der Waals surface area (Å²) in [6.45, 7) is 0.0671. The minimum absolute atomic E-state index is 0.0671. The van der Waals surface area contributed by atoms with E-state index >= 15 is 0 Å². The van der Waals surface area contributed by atoms with Crippen molar-refractivity contribution in [3.8, 4) is 0 Å². The first kappa shape index (κ1) is 15.0. The normalized spacial score (nSPS) is 27.2. The van der Waals surface area contributed by atoms with Crippen molar-refractivity contribution in [1.29, 1.82) is 0 Å². The van der Waals surface area contributed by atoms with E-state index in [0.717, 1.165) is 0 Å². The topological polar surface area (TPSA) is 101 Å². The molecule has 0 aliphatic carbocycles. The molecule has 1 fully saturated rings. The Morgan fingerprint density at radius 2 is 2.29 bits per heavy atom. The minimum Gasteiger partial charge on any atom is -0.481 e. The van der Waals surface area contributed by atoms with Crippen molar-refractivity contribution < 1.29 is 19.5 Å². The average Bonchev–Trinajstić information content (AvgIpc) is 2.75. The number of allylic oxidation sites excluding steroid dienone is 1. The van der Waals surface area contributed by atoms with Crippen LogP contribution in [-0.2, 0) is 14.4 Å². The van der Waals surface area contributed by atoms with Crippen LogP contribution in [0.3, 0.4) is 0 Å². The Morgan fingerprint density at radius 1 is 1.52 bits per heavy atom. The van der Waals surface area contributed by atoms with E-state index in [2.05, 4.69) is 9.98 Å². The zero-order valence-electron chi connectivity index (χ0n) is 11.7. The predicted molar refractivity (Wildman–Crippen MR) is 76.8 cm³/mol. The molecular formula is C14H18N3O4+. The quantitative estimate of drug-likeness (QED) is 0.623. The van der Waals surface area contributed by atoms with Crippen LogP contribution in [0.5, 0.6) is 0 Å². The number of carbonyl (C=O) groups is 3.